The molecule has 0 aromatic heterocycles. The first-order valence-electron chi connectivity index (χ1n) is 11.1. The standard InChI is InChI=1S/C27H30FNO4S/c1-19(2)29(26(30)21-9-11-22(12-10-21)27(3,4)5)18-20-7-6-8-24(17-20)33-34(31,32)25-15-13-23(28)14-16-25/h6-17,19H,18H2,1-5H3. The number of benzene rings is 3. The van der Waals surface area contributed by atoms with Gasteiger partial charge in [0.15, 0.2) is 0 Å². The maximum atomic E-state index is 13.2. The van der Waals surface area contributed by atoms with Crippen LogP contribution in [0.5, 0.6) is 5.75 Å². The van der Waals surface area contributed by atoms with Gasteiger partial charge in [-0.25, -0.2) is 4.39 Å². The van der Waals surface area contributed by atoms with Crippen molar-refractivity contribution in [2.24, 2.45) is 0 Å². The zero-order chi connectivity index (χ0) is 25.1. The Hall–Kier alpha value is -3.19. The molecule has 1 amide bonds. The van der Waals surface area contributed by atoms with Crippen molar-refractivity contribution >= 4 is 16.0 Å². The third kappa shape index (κ3) is 6.23. The topological polar surface area (TPSA) is 63.7 Å². The lowest BCUT2D eigenvalue weighted by molar-refractivity contribution is 0.0690. The molecule has 0 N–H and O–H groups in total. The highest BCUT2D eigenvalue weighted by atomic mass is 32.2. The normalized spacial score (nSPS) is 12.0. The number of rotatable bonds is 7. The predicted octanol–water partition coefficient (Wildman–Crippen LogP) is 5.94. The van der Waals surface area contributed by atoms with Crippen molar-refractivity contribution in [1.82, 2.24) is 4.90 Å². The Labute approximate surface area is 201 Å². The number of hydrogen-bond acceptors (Lipinski definition) is 4. The van der Waals surface area contributed by atoms with Crippen LogP contribution >= 0.6 is 0 Å². The van der Waals surface area contributed by atoms with E-state index in [9.17, 15) is 17.6 Å². The molecular weight excluding hydrogens is 453 g/mol. The first kappa shape index (κ1) is 25.4. The van der Waals surface area contributed by atoms with Gasteiger partial charge in [-0.05, 0) is 78.9 Å². The minimum absolute atomic E-state index is 0.00595. The van der Waals surface area contributed by atoms with Gasteiger partial charge in [0.1, 0.15) is 16.5 Å². The van der Waals surface area contributed by atoms with Gasteiger partial charge < -0.3 is 9.08 Å². The van der Waals surface area contributed by atoms with Crippen molar-refractivity contribution in [1.29, 1.82) is 0 Å². The van der Waals surface area contributed by atoms with Gasteiger partial charge in [0.25, 0.3) is 5.91 Å². The van der Waals surface area contributed by atoms with Crippen LogP contribution in [0.1, 0.15) is 56.1 Å². The van der Waals surface area contributed by atoms with Crippen molar-refractivity contribution in [3.63, 3.8) is 0 Å². The number of halogens is 1. The molecule has 0 heterocycles. The van der Waals surface area contributed by atoms with Crippen LogP contribution in [-0.2, 0) is 22.1 Å². The number of amides is 1. The Morgan fingerprint density at radius 2 is 1.59 bits per heavy atom. The maximum absolute atomic E-state index is 13.2. The highest BCUT2D eigenvalue weighted by Gasteiger charge is 2.22. The smallest absolute Gasteiger partial charge is 0.339 e. The van der Waals surface area contributed by atoms with Crippen LogP contribution in [0.3, 0.4) is 0 Å². The fraction of sp³-hybridized carbons (Fsp3) is 0.296. The molecular formula is C27H30FNO4S. The van der Waals surface area contributed by atoms with E-state index in [0.717, 1.165) is 35.4 Å². The molecule has 0 aliphatic carbocycles. The Bertz CT molecular complexity index is 1250. The number of nitrogens with zero attached hydrogens (tertiary/aromatic N) is 1. The molecule has 0 radical (unpaired) electrons. The van der Waals surface area contributed by atoms with E-state index in [2.05, 4.69) is 20.8 Å². The van der Waals surface area contributed by atoms with Crippen LogP contribution < -0.4 is 4.18 Å². The van der Waals surface area contributed by atoms with Crippen molar-refractivity contribution in [3.8, 4) is 5.75 Å². The Balaban J connectivity index is 1.79. The molecule has 0 fully saturated rings. The van der Waals surface area contributed by atoms with Gasteiger partial charge in [0.2, 0.25) is 0 Å². The molecule has 0 atom stereocenters. The lowest BCUT2D eigenvalue weighted by atomic mass is 9.86. The average Bonchev–Trinajstić information content (AvgIpc) is 2.76. The van der Waals surface area contributed by atoms with Gasteiger partial charge in [0.05, 0.1) is 0 Å². The fourth-order valence-electron chi connectivity index (χ4n) is 3.44. The summed E-state index contributed by atoms with van der Waals surface area (Å²) in [6, 6.07) is 18.6. The molecule has 5 nitrogen and oxygen atoms in total. The zero-order valence-electron chi connectivity index (χ0n) is 20.1. The lowest BCUT2D eigenvalue weighted by Gasteiger charge is -2.27. The van der Waals surface area contributed by atoms with E-state index in [1.807, 2.05) is 44.2 Å². The first-order valence-corrected chi connectivity index (χ1v) is 12.5. The van der Waals surface area contributed by atoms with Crippen LogP contribution in [0.2, 0.25) is 0 Å². The lowest BCUT2D eigenvalue weighted by Crippen LogP contribution is -2.36. The number of carbonyl (C=O) groups excluding carboxylic acids is 1. The number of carbonyl (C=O) groups is 1. The molecule has 0 saturated heterocycles. The summed E-state index contributed by atoms with van der Waals surface area (Å²) in [6.07, 6.45) is 0. The first-order chi connectivity index (χ1) is 15.9. The molecule has 3 rings (SSSR count). The van der Waals surface area contributed by atoms with Crippen LogP contribution in [0.4, 0.5) is 4.39 Å². The monoisotopic (exact) mass is 483 g/mol. The van der Waals surface area contributed by atoms with Gasteiger partial charge >= 0.3 is 10.1 Å². The van der Waals surface area contributed by atoms with E-state index < -0.39 is 15.9 Å². The predicted molar refractivity (Wildman–Crippen MR) is 131 cm³/mol. The van der Waals surface area contributed by atoms with Gasteiger partial charge in [0, 0.05) is 18.2 Å². The Morgan fingerprint density at radius 3 is 2.15 bits per heavy atom. The average molecular weight is 484 g/mol. The van der Waals surface area contributed by atoms with E-state index >= 15 is 0 Å². The second kappa shape index (κ2) is 9.97. The molecule has 0 unspecified atom stereocenters. The van der Waals surface area contributed by atoms with Gasteiger partial charge in [-0.15, -0.1) is 0 Å². The summed E-state index contributed by atoms with van der Waals surface area (Å²) >= 11 is 0. The van der Waals surface area contributed by atoms with Gasteiger partial charge in [-0.1, -0.05) is 45.0 Å². The summed E-state index contributed by atoms with van der Waals surface area (Å²) < 4.78 is 43.5. The summed E-state index contributed by atoms with van der Waals surface area (Å²) in [5.74, 6) is -0.527. The fourth-order valence-corrected chi connectivity index (χ4v) is 4.36. The molecule has 0 bridgehead atoms. The highest BCUT2D eigenvalue weighted by Crippen LogP contribution is 2.24. The molecule has 180 valence electrons. The molecule has 34 heavy (non-hydrogen) atoms. The van der Waals surface area contributed by atoms with Crippen LogP contribution in [-0.4, -0.2) is 25.3 Å². The molecule has 0 saturated carbocycles. The van der Waals surface area contributed by atoms with E-state index in [1.54, 1.807) is 17.0 Å². The van der Waals surface area contributed by atoms with Crippen molar-refractivity contribution in [2.75, 3.05) is 0 Å². The zero-order valence-corrected chi connectivity index (χ0v) is 20.9. The maximum Gasteiger partial charge on any atom is 0.339 e. The third-order valence-electron chi connectivity index (χ3n) is 5.44. The summed E-state index contributed by atoms with van der Waals surface area (Å²) in [5.41, 5.74) is 2.45. The largest absolute Gasteiger partial charge is 0.379 e. The second-order valence-electron chi connectivity index (χ2n) is 9.49. The minimum Gasteiger partial charge on any atom is -0.379 e. The second-order valence-corrected chi connectivity index (χ2v) is 11.0. The Kier molecular flexibility index (Phi) is 7.46. The molecule has 0 spiro atoms. The van der Waals surface area contributed by atoms with E-state index in [-0.39, 0.29) is 34.6 Å². The van der Waals surface area contributed by atoms with Gasteiger partial charge in [-0.2, -0.15) is 8.42 Å². The molecule has 0 aliphatic heterocycles. The third-order valence-corrected chi connectivity index (χ3v) is 6.70. The van der Waals surface area contributed by atoms with Crippen molar-refractivity contribution in [3.05, 3.63) is 95.3 Å². The molecule has 0 aliphatic rings. The SMILES string of the molecule is CC(C)N(Cc1cccc(OS(=O)(=O)c2ccc(F)cc2)c1)C(=O)c1ccc(C(C)(C)C)cc1. The molecule has 3 aromatic rings. The summed E-state index contributed by atoms with van der Waals surface area (Å²) in [7, 11) is -4.11. The summed E-state index contributed by atoms with van der Waals surface area (Å²) in [4.78, 5) is 14.8. The van der Waals surface area contributed by atoms with Crippen LogP contribution in [0.15, 0.2) is 77.7 Å². The van der Waals surface area contributed by atoms with E-state index in [1.165, 1.54) is 6.07 Å². The van der Waals surface area contributed by atoms with Gasteiger partial charge in [-0.3, -0.25) is 4.79 Å². The quantitative estimate of drug-likeness (QED) is 0.390. The Morgan fingerprint density at radius 1 is 0.971 bits per heavy atom. The molecule has 3 aromatic carbocycles. The minimum atomic E-state index is -4.11. The van der Waals surface area contributed by atoms with Crippen LogP contribution in [0.25, 0.3) is 0 Å². The van der Waals surface area contributed by atoms with E-state index in [0.29, 0.717) is 5.56 Å². The highest BCUT2D eigenvalue weighted by molar-refractivity contribution is 7.87. The van der Waals surface area contributed by atoms with Crippen molar-refractivity contribution in [2.45, 2.75) is 57.5 Å². The molecule has 7 heteroatoms. The van der Waals surface area contributed by atoms with E-state index in [4.69, 9.17) is 4.18 Å². The number of hydrogen-bond donors (Lipinski definition) is 0. The summed E-state index contributed by atoms with van der Waals surface area (Å²) in [5, 5.41) is 0. The summed E-state index contributed by atoms with van der Waals surface area (Å²) in [6.45, 7) is 10.5. The van der Waals surface area contributed by atoms with Crippen molar-refractivity contribution < 1.29 is 21.8 Å². The van der Waals surface area contributed by atoms with Crippen LogP contribution in [0, 0.1) is 5.82 Å².